The zero-order chi connectivity index (χ0) is 9.19. The number of benzene rings is 1. The van der Waals surface area contributed by atoms with Crippen molar-refractivity contribution in [3.05, 3.63) is 24.3 Å². The maximum absolute atomic E-state index is 5.10. The van der Waals surface area contributed by atoms with Crippen molar-refractivity contribution in [2.75, 3.05) is 7.11 Å². The van der Waals surface area contributed by atoms with Crippen molar-refractivity contribution in [2.45, 2.75) is 0 Å². The molecule has 0 heterocycles. The van der Waals surface area contributed by atoms with Crippen LogP contribution in [0, 0.1) is 0 Å². The Kier molecular flexibility index (Phi) is 5.22. The third-order valence-electron chi connectivity index (χ3n) is 1.33. The van der Waals surface area contributed by atoms with Crippen LogP contribution in [0.3, 0.4) is 0 Å². The molecular weight excluding hydrogens is 608 g/mol. The van der Waals surface area contributed by atoms with Gasteiger partial charge in [-0.3, -0.25) is 0 Å². The Hall–Kier alpha value is 2.00. The van der Waals surface area contributed by atoms with Gasteiger partial charge < -0.3 is 0 Å². The molecule has 0 aliphatic rings. The topological polar surface area (TPSA) is 9.23 Å². The van der Waals surface area contributed by atoms with Gasteiger partial charge >= 0.3 is 108 Å². The fraction of sp³-hybridized carbons (Fsp3) is 0.143. The molecule has 0 N–H and O–H groups in total. The van der Waals surface area contributed by atoms with Crippen LogP contribution in [0.15, 0.2) is 24.3 Å². The van der Waals surface area contributed by atoms with E-state index in [2.05, 4.69) is 68.2 Å². The van der Waals surface area contributed by atoms with E-state index in [0.29, 0.717) is 0 Å². The first-order chi connectivity index (χ1) is 5.54. The standard InChI is InChI=1S/C7H7I3OTe/c1-11-6-2-4-7(5-3-6)12(8,9)10/h2-5H,1H3. The van der Waals surface area contributed by atoms with Crippen LogP contribution in [0.2, 0.25) is 0 Å². The van der Waals surface area contributed by atoms with E-state index < -0.39 is 6.35 Å². The first-order valence-electron chi connectivity index (χ1n) is 3.10. The Bertz CT molecular complexity index is 254. The van der Waals surface area contributed by atoms with E-state index in [0.717, 1.165) is 5.75 Å². The Labute approximate surface area is 106 Å². The molecule has 0 radical (unpaired) electrons. The third kappa shape index (κ3) is 3.63. The molecule has 68 valence electrons. The van der Waals surface area contributed by atoms with Crippen molar-refractivity contribution in [3.63, 3.8) is 0 Å². The molecule has 1 aromatic rings. The first-order valence-corrected chi connectivity index (χ1v) is 24.6. The Morgan fingerprint density at radius 1 is 1.08 bits per heavy atom. The van der Waals surface area contributed by atoms with Crippen LogP contribution >= 0.6 is 56.1 Å². The summed E-state index contributed by atoms with van der Waals surface area (Å²) >= 11 is 7.77. The van der Waals surface area contributed by atoms with Crippen molar-refractivity contribution >= 4 is 66.0 Å². The normalized spacial score (nSPS) is 12.7. The molecule has 1 aromatic carbocycles. The molecule has 0 atom stereocenters. The van der Waals surface area contributed by atoms with E-state index >= 15 is 0 Å². The molecule has 0 aliphatic carbocycles. The molecule has 1 rings (SSSR count). The molecule has 0 saturated heterocycles. The van der Waals surface area contributed by atoms with Crippen molar-refractivity contribution in [2.24, 2.45) is 0 Å². The molecule has 0 amide bonds. The molecule has 0 saturated carbocycles. The van der Waals surface area contributed by atoms with Crippen LogP contribution in [-0.2, 0) is 0 Å². The molecule has 0 unspecified atom stereocenters. The monoisotopic (exact) mass is 618 g/mol. The van der Waals surface area contributed by atoms with Gasteiger partial charge in [0.05, 0.1) is 0 Å². The first kappa shape index (κ1) is 12.1. The average molecular weight is 615 g/mol. The predicted molar refractivity (Wildman–Crippen MR) is 80.4 cm³/mol. The van der Waals surface area contributed by atoms with Crippen LogP contribution in [0.5, 0.6) is 5.75 Å². The second kappa shape index (κ2) is 5.19. The van der Waals surface area contributed by atoms with E-state index in [9.17, 15) is 0 Å². The summed E-state index contributed by atoms with van der Waals surface area (Å²) in [5.41, 5.74) is 0. The van der Waals surface area contributed by atoms with Gasteiger partial charge in [0.25, 0.3) is 0 Å². The predicted octanol–water partition coefficient (Wildman–Crippen LogP) is 3.15. The Morgan fingerprint density at radius 2 is 1.58 bits per heavy atom. The average Bonchev–Trinajstić information content (AvgIpc) is 2.03. The Morgan fingerprint density at radius 3 is 1.92 bits per heavy atom. The minimum atomic E-state index is -1.71. The number of hydrogen-bond donors (Lipinski definition) is 0. The fourth-order valence-corrected chi connectivity index (χ4v) is 7.91. The van der Waals surface area contributed by atoms with Gasteiger partial charge in [0.1, 0.15) is 0 Å². The summed E-state index contributed by atoms with van der Waals surface area (Å²) in [7, 11) is 1.70. The zero-order valence-electron chi connectivity index (χ0n) is 6.26. The van der Waals surface area contributed by atoms with Crippen molar-refractivity contribution < 1.29 is 4.74 Å². The molecule has 0 spiro atoms. The van der Waals surface area contributed by atoms with Gasteiger partial charge in [-0.2, -0.15) is 0 Å². The second-order valence-corrected chi connectivity index (χ2v) is 66.3. The summed E-state index contributed by atoms with van der Waals surface area (Å²) in [6.45, 7) is 0. The van der Waals surface area contributed by atoms with Crippen molar-refractivity contribution in [3.8, 4) is 5.75 Å². The summed E-state index contributed by atoms with van der Waals surface area (Å²) in [6, 6.07) is 8.41. The van der Waals surface area contributed by atoms with E-state index in [1.165, 1.54) is 3.61 Å². The van der Waals surface area contributed by atoms with Crippen LogP contribution in [0.25, 0.3) is 0 Å². The molecule has 0 aromatic heterocycles. The van der Waals surface area contributed by atoms with E-state index in [1.54, 1.807) is 7.11 Å². The molecule has 0 fully saturated rings. The SMILES string of the molecule is COc1ccc([Te](I)(I)I)cc1. The summed E-state index contributed by atoms with van der Waals surface area (Å²) in [4.78, 5) is 0. The number of ether oxygens (including phenoxy) is 1. The van der Waals surface area contributed by atoms with Crippen LogP contribution < -0.4 is 8.35 Å². The zero-order valence-corrected chi connectivity index (χ0v) is 15.1. The number of halogens is 3. The van der Waals surface area contributed by atoms with Gasteiger partial charge in [0.2, 0.25) is 0 Å². The van der Waals surface area contributed by atoms with Crippen LogP contribution in [-0.4, -0.2) is 13.5 Å². The molecular formula is C7H7I3OTe. The minimum absolute atomic E-state index is 0.940. The molecule has 12 heavy (non-hydrogen) atoms. The molecule has 0 bridgehead atoms. The van der Waals surface area contributed by atoms with Crippen molar-refractivity contribution in [1.29, 1.82) is 0 Å². The third-order valence-corrected chi connectivity index (χ3v) is 13.9. The van der Waals surface area contributed by atoms with Gasteiger partial charge in [-0.1, -0.05) is 0 Å². The van der Waals surface area contributed by atoms with E-state index in [1.807, 2.05) is 12.1 Å². The summed E-state index contributed by atoms with van der Waals surface area (Å²) in [5, 5.41) is 0. The fourth-order valence-electron chi connectivity index (χ4n) is 0.730. The summed E-state index contributed by atoms with van der Waals surface area (Å²) in [6.07, 6.45) is -1.71. The number of rotatable bonds is 2. The molecule has 5 heteroatoms. The van der Waals surface area contributed by atoms with Gasteiger partial charge in [0.15, 0.2) is 0 Å². The van der Waals surface area contributed by atoms with Gasteiger partial charge in [-0.15, -0.1) is 0 Å². The molecule has 1 nitrogen and oxygen atoms in total. The van der Waals surface area contributed by atoms with Gasteiger partial charge in [-0.05, 0) is 0 Å². The number of methoxy groups -OCH3 is 1. The van der Waals surface area contributed by atoms with Gasteiger partial charge in [0, 0.05) is 0 Å². The Balaban J connectivity index is 2.93. The van der Waals surface area contributed by atoms with Gasteiger partial charge in [-0.25, -0.2) is 0 Å². The van der Waals surface area contributed by atoms with E-state index in [4.69, 9.17) is 4.74 Å². The second-order valence-electron chi connectivity index (χ2n) is 2.08. The summed E-state index contributed by atoms with van der Waals surface area (Å²) in [5.74, 6) is 0.940. The van der Waals surface area contributed by atoms with Crippen LogP contribution in [0.1, 0.15) is 0 Å². The van der Waals surface area contributed by atoms with Crippen LogP contribution in [0.4, 0.5) is 0 Å². The quantitative estimate of drug-likeness (QED) is 0.367. The maximum atomic E-state index is 5.10. The number of hydrogen-bond acceptors (Lipinski definition) is 1. The van der Waals surface area contributed by atoms with Crippen molar-refractivity contribution in [1.82, 2.24) is 0 Å². The molecule has 0 aliphatic heterocycles. The van der Waals surface area contributed by atoms with E-state index in [-0.39, 0.29) is 0 Å². The summed E-state index contributed by atoms with van der Waals surface area (Å²) < 4.78 is 6.58.